The molecule has 0 radical (unpaired) electrons. The SMILES string of the molecule is C[C@H](Cc1ccc(OCc2ccccn2)cc1)N(C)CC(=O)O. The molecular weight excluding hydrogens is 292 g/mol. The number of aliphatic carboxylic acids is 1. The maximum atomic E-state index is 10.7. The van der Waals surface area contributed by atoms with Gasteiger partial charge in [0.15, 0.2) is 0 Å². The second kappa shape index (κ2) is 8.29. The Bertz CT molecular complexity index is 614. The van der Waals surface area contributed by atoms with Crippen molar-refractivity contribution in [3.05, 3.63) is 59.9 Å². The number of rotatable bonds is 8. The van der Waals surface area contributed by atoms with Crippen LogP contribution in [0.4, 0.5) is 0 Å². The number of carboxylic acid groups (broad SMARTS) is 1. The van der Waals surface area contributed by atoms with Gasteiger partial charge < -0.3 is 9.84 Å². The largest absolute Gasteiger partial charge is 0.487 e. The maximum Gasteiger partial charge on any atom is 0.317 e. The van der Waals surface area contributed by atoms with Crippen molar-refractivity contribution in [1.29, 1.82) is 0 Å². The second-order valence-electron chi connectivity index (χ2n) is 5.62. The Kier molecular flexibility index (Phi) is 6.11. The summed E-state index contributed by atoms with van der Waals surface area (Å²) < 4.78 is 5.70. The highest BCUT2D eigenvalue weighted by Crippen LogP contribution is 2.15. The van der Waals surface area contributed by atoms with Crippen molar-refractivity contribution in [2.45, 2.75) is 26.0 Å². The molecular formula is C18H22N2O3. The maximum absolute atomic E-state index is 10.7. The molecule has 0 aliphatic carbocycles. The van der Waals surface area contributed by atoms with Crippen molar-refractivity contribution in [3.63, 3.8) is 0 Å². The van der Waals surface area contributed by atoms with Gasteiger partial charge in [-0.1, -0.05) is 18.2 Å². The van der Waals surface area contributed by atoms with Crippen LogP contribution in [0.15, 0.2) is 48.7 Å². The number of likely N-dealkylation sites (N-methyl/N-ethyl adjacent to an activating group) is 1. The standard InChI is InChI=1S/C18H22N2O3/c1-14(20(2)12-18(21)22)11-15-6-8-17(9-7-15)23-13-16-5-3-4-10-19-16/h3-10,14H,11-13H2,1-2H3,(H,21,22)/t14-/m1/s1. The van der Waals surface area contributed by atoms with Crippen LogP contribution in [0, 0.1) is 0 Å². The Hall–Kier alpha value is -2.40. The summed E-state index contributed by atoms with van der Waals surface area (Å²) >= 11 is 0. The van der Waals surface area contributed by atoms with E-state index in [4.69, 9.17) is 9.84 Å². The number of pyridine rings is 1. The summed E-state index contributed by atoms with van der Waals surface area (Å²) in [6, 6.07) is 13.8. The number of hydrogen-bond acceptors (Lipinski definition) is 4. The van der Waals surface area contributed by atoms with Crippen molar-refractivity contribution in [2.75, 3.05) is 13.6 Å². The number of nitrogens with zero attached hydrogens (tertiary/aromatic N) is 2. The molecule has 1 N–H and O–H groups in total. The van der Waals surface area contributed by atoms with E-state index >= 15 is 0 Å². The van der Waals surface area contributed by atoms with Gasteiger partial charge in [0, 0.05) is 12.2 Å². The second-order valence-corrected chi connectivity index (χ2v) is 5.62. The summed E-state index contributed by atoms with van der Waals surface area (Å²) in [5.41, 5.74) is 2.04. The lowest BCUT2D eigenvalue weighted by Gasteiger charge is -2.22. The molecule has 0 amide bonds. The van der Waals surface area contributed by atoms with Gasteiger partial charge in [-0.05, 0) is 50.2 Å². The van der Waals surface area contributed by atoms with E-state index in [9.17, 15) is 4.79 Å². The van der Waals surface area contributed by atoms with E-state index in [0.717, 1.165) is 23.4 Å². The minimum atomic E-state index is -0.808. The van der Waals surface area contributed by atoms with Crippen LogP contribution in [0.25, 0.3) is 0 Å². The van der Waals surface area contributed by atoms with E-state index in [0.29, 0.717) is 6.61 Å². The third-order valence-corrected chi connectivity index (χ3v) is 3.70. The monoisotopic (exact) mass is 314 g/mol. The first-order valence-electron chi connectivity index (χ1n) is 7.58. The molecule has 0 fully saturated rings. The molecule has 0 saturated carbocycles. The Labute approximate surface area is 136 Å². The van der Waals surface area contributed by atoms with Crippen molar-refractivity contribution in [3.8, 4) is 5.75 Å². The molecule has 1 heterocycles. The van der Waals surface area contributed by atoms with E-state index in [1.807, 2.05) is 61.3 Å². The average molecular weight is 314 g/mol. The first kappa shape index (κ1) is 17.0. The zero-order chi connectivity index (χ0) is 16.7. The summed E-state index contributed by atoms with van der Waals surface area (Å²) in [5.74, 6) is -0.0106. The van der Waals surface area contributed by atoms with Gasteiger partial charge in [-0.2, -0.15) is 0 Å². The summed E-state index contributed by atoms with van der Waals surface area (Å²) in [6.45, 7) is 2.51. The Morgan fingerprint density at radius 1 is 1.26 bits per heavy atom. The van der Waals surface area contributed by atoms with Gasteiger partial charge in [0.1, 0.15) is 12.4 Å². The van der Waals surface area contributed by atoms with Gasteiger partial charge in [-0.3, -0.25) is 14.7 Å². The molecule has 23 heavy (non-hydrogen) atoms. The molecule has 1 atom stereocenters. The van der Waals surface area contributed by atoms with Crippen LogP contribution >= 0.6 is 0 Å². The highest BCUT2D eigenvalue weighted by molar-refractivity contribution is 5.69. The first-order chi connectivity index (χ1) is 11.0. The third kappa shape index (κ3) is 5.71. The summed E-state index contributed by atoms with van der Waals surface area (Å²) in [7, 11) is 1.82. The number of carboxylic acids is 1. The number of ether oxygens (including phenoxy) is 1. The van der Waals surface area contributed by atoms with Gasteiger partial charge in [-0.15, -0.1) is 0 Å². The highest BCUT2D eigenvalue weighted by atomic mass is 16.5. The lowest BCUT2D eigenvalue weighted by atomic mass is 10.1. The van der Waals surface area contributed by atoms with Crippen LogP contribution in [-0.2, 0) is 17.8 Å². The van der Waals surface area contributed by atoms with E-state index < -0.39 is 5.97 Å². The molecule has 1 aromatic heterocycles. The zero-order valence-electron chi connectivity index (χ0n) is 13.5. The number of carbonyl (C=O) groups is 1. The van der Waals surface area contributed by atoms with E-state index in [2.05, 4.69) is 4.98 Å². The van der Waals surface area contributed by atoms with Crippen molar-refractivity contribution in [1.82, 2.24) is 9.88 Å². The summed E-state index contributed by atoms with van der Waals surface area (Å²) in [6.07, 6.45) is 2.54. The average Bonchev–Trinajstić information content (AvgIpc) is 2.54. The molecule has 0 spiro atoms. The van der Waals surface area contributed by atoms with Gasteiger partial charge >= 0.3 is 5.97 Å². The molecule has 0 unspecified atom stereocenters. The number of hydrogen-bond donors (Lipinski definition) is 1. The normalized spacial score (nSPS) is 12.1. The fraction of sp³-hybridized carbons (Fsp3) is 0.333. The predicted octanol–water partition coefficient (Wildman–Crippen LogP) is 2.61. The van der Waals surface area contributed by atoms with E-state index in [1.165, 1.54) is 0 Å². The molecule has 2 aromatic rings. The van der Waals surface area contributed by atoms with Crippen LogP contribution in [0.5, 0.6) is 5.75 Å². The highest BCUT2D eigenvalue weighted by Gasteiger charge is 2.12. The molecule has 0 saturated heterocycles. The molecule has 5 heteroatoms. The predicted molar refractivity (Wildman–Crippen MR) is 88.4 cm³/mol. The van der Waals surface area contributed by atoms with Crippen LogP contribution < -0.4 is 4.74 Å². The Morgan fingerprint density at radius 2 is 2.00 bits per heavy atom. The van der Waals surface area contributed by atoms with Crippen LogP contribution in [0.3, 0.4) is 0 Å². The Balaban J connectivity index is 1.85. The minimum Gasteiger partial charge on any atom is -0.487 e. The van der Waals surface area contributed by atoms with Crippen LogP contribution in [-0.4, -0.2) is 40.6 Å². The smallest absolute Gasteiger partial charge is 0.317 e. The lowest BCUT2D eigenvalue weighted by Crippen LogP contribution is -2.35. The third-order valence-electron chi connectivity index (χ3n) is 3.70. The molecule has 122 valence electrons. The summed E-state index contributed by atoms with van der Waals surface area (Å²) in [4.78, 5) is 16.8. The van der Waals surface area contributed by atoms with Crippen molar-refractivity contribution < 1.29 is 14.6 Å². The van der Waals surface area contributed by atoms with Crippen molar-refractivity contribution >= 4 is 5.97 Å². The molecule has 0 bridgehead atoms. The molecule has 1 aromatic carbocycles. The van der Waals surface area contributed by atoms with E-state index in [-0.39, 0.29) is 12.6 Å². The van der Waals surface area contributed by atoms with Gasteiger partial charge in [0.05, 0.1) is 12.2 Å². The van der Waals surface area contributed by atoms with Gasteiger partial charge in [-0.25, -0.2) is 0 Å². The lowest BCUT2D eigenvalue weighted by molar-refractivity contribution is -0.138. The van der Waals surface area contributed by atoms with Crippen molar-refractivity contribution in [2.24, 2.45) is 0 Å². The molecule has 5 nitrogen and oxygen atoms in total. The fourth-order valence-electron chi connectivity index (χ4n) is 2.23. The number of aromatic nitrogens is 1. The van der Waals surface area contributed by atoms with Gasteiger partial charge in [0.25, 0.3) is 0 Å². The van der Waals surface area contributed by atoms with Crippen LogP contribution in [0.1, 0.15) is 18.2 Å². The quantitative estimate of drug-likeness (QED) is 0.811. The molecule has 2 rings (SSSR count). The molecule has 0 aliphatic rings. The van der Waals surface area contributed by atoms with Crippen LogP contribution in [0.2, 0.25) is 0 Å². The molecule has 0 aliphatic heterocycles. The van der Waals surface area contributed by atoms with E-state index in [1.54, 1.807) is 6.20 Å². The van der Waals surface area contributed by atoms with Gasteiger partial charge in [0.2, 0.25) is 0 Å². The Morgan fingerprint density at radius 3 is 2.61 bits per heavy atom. The zero-order valence-corrected chi connectivity index (χ0v) is 13.5. The fourth-order valence-corrected chi connectivity index (χ4v) is 2.23. The number of benzene rings is 1. The summed E-state index contributed by atoms with van der Waals surface area (Å²) in [5, 5.41) is 8.82. The first-order valence-corrected chi connectivity index (χ1v) is 7.58. The topological polar surface area (TPSA) is 62.7 Å². The minimum absolute atomic E-state index is 0.0481.